The number of aromatic amines is 1. The third kappa shape index (κ3) is 4.76. The quantitative estimate of drug-likeness (QED) is 0.462. The van der Waals surface area contributed by atoms with Gasteiger partial charge >= 0.3 is 5.97 Å². The minimum Gasteiger partial charge on any atom is -0.494 e. The van der Waals surface area contributed by atoms with Crippen molar-refractivity contribution in [3.8, 4) is 5.75 Å². The van der Waals surface area contributed by atoms with Crippen molar-refractivity contribution >= 4 is 16.9 Å². The number of nitrogens with zero attached hydrogens (tertiary/aromatic N) is 1. The van der Waals surface area contributed by atoms with E-state index in [0.717, 1.165) is 25.0 Å². The largest absolute Gasteiger partial charge is 0.494 e. The summed E-state index contributed by atoms with van der Waals surface area (Å²) in [5, 5.41) is 0.499. The van der Waals surface area contributed by atoms with Gasteiger partial charge in [0.15, 0.2) is 11.9 Å². The zero-order valence-electron chi connectivity index (χ0n) is 16.1. The first-order chi connectivity index (χ1) is 13.6. The fraction of sp³-hybridized carbons (Fsp3) is 0.318. The number of fused-ring (bicyclic) bond motifs is 1. The summed E-state index contributed by atoms with van der Waals surface area (Å²) in [6.45, 7) is 4.48. The Morgan fingerprint density at radius 2 is 1.86 bits per heavy atom. The molecule has 0 aliphatic rings. The topological polar surface area (TPSA) is 81.3 Å². The minimum atomic E-state index is -0.685. The lowest BCUT2D eigenvalue weighted by Crippen LogP contribution is -2.17. The van der Waals surface area contributed by atoms with Gasteiger partial charge in [-0.3, -0.25) is 4.79 Å². The first-order valence-corrected chi connectivity index (χ1v) is 9.51. The number of para-hydroxylation sites is 1. The highest BCUT2D eigenvalue weighted by Gasteiger charge is 2.17. The molecule has 0 aliphatic carbocycles. The first kappa shape index (κ1) is 19.6. The Balaban J connectivity index is 1.65. The zero-order valence-corrected chi connectivity index (χ0v) is 16.1. The molecule has 146 valence electrons. The Morgan fingerprint density at radius 3 is 2.61 bits per heavy atom. The molecule has 1 aromatic heterocycles. The second-order valence-corrected chi connectivity index (χ2v) is 6.60. The van der Waals surface area contributed by atoms with E-state index in [1.165, 1.54) is 0 Å². The lowest BCUT2D eigenvalue weighted by atomic mass is 10.2. The molecule has 0 saturated heterocycles. The van der Waals surface area contributed by atoms with Gasteiger partial charge in [-0.1, -0.05) is 31.9 Å². The van der Waals surface area contributed by atoms with Crippen LogP contribution in [-0.4, -0.2) is 22.5 Å². The lowest BCUT2D eigenvalue weighted by Gasteiger charge is -2.13. The van der Waals surface area contributed by atoms with E-state index in [2.05, 4.69) is 16.9 Å². The van der Waals surface area contributed by atoms with Gasteiger partial charge in [0.2, 0.25) is 0 Å². The highest BCUT2D eigenvalue weighted by Crippen LogP contribution is 2.18. The monoisotopic (exact) mass is 380 g/mol. The van der Waals surface area contributed by atoms with Crippen LogP contribution in [0, 0.1) is 0 Å². The molecule has 1 N–H and O–H groups in total. The van der Waals surface area contributed by atoms with Gasteiger partial charge in [-0.15, -0.1) is 0 Å². The summed E-state index contributed by atoms with van der Waals surface area (Å²) in [5.74, 6) is 0.551. The Kier molecular flexibility index (Phi) is 6.42. The van der Waals surface area contributed by atoms with Crippen molar-refractivity contribution < 1.29 is 14.3 Å². The van der Waals surface area contributed by atoms with Crippen LogP contribution >= 0.6 is 0 Å². The summed E-state index contributed by atoms with van der Waals surface area (Å²) in [4.78, 5) is 31.7. The number of H-pyrrole nitrogens is 1. The highest BCUT2D eigenvalue weighted by molar-refractivity contribution is 5.89. The number of aromatic nitrogens is 2. The minimum absolute atomic E-state index is 0.256. The number of nitrogens with one attached hydrogen (secondary N) is 1. The van der Waals surface area contributed by atoms with Crippen LogP contribution in [0.1, 0.15) is 55.4 Å². The Labute approximate surface area is 163 Å². The van der Waals surface area contributed by atoms with Gasteiger partial charge in [-0.25, -0.2) is 9.78 Å². The van der Waals surface area contributed by atoms with Crippen molar-refractivity contribution in [2.75, 3.05) is 6.61 Å². The Hall–Kier alpha value is -3.15. The highest BCUT2D eigenvalue weighted by atomic mass is 16.5. The summed E-state index contributed by atoms with van der Waals surface area (Å²) in [5.41, 5.74) is 0.720. The number of esters is 1. The van der Waals surface area contributed by atoms with E-state index in [-0.39, 0.29) is 5.56 Å². The Bertz CT molecular complexity index is 995. The molecule has 28 heavy (non-hydrogen) atoms. The molecule has 0 spiro atoms. The molecule has 6 nitrogen and oxygen atoms in total. The second-order valence-electron chi connectivity index (χ2n) is 6.60. The average molecular weight is 380 g/mol. The van der Waals surface area contributed by atoms with Crippen LogP contribution in [0.15, 0.2) is 53.3 Å². The molecular formula is C22H24N2O4. The molecule has 0 saturated carbocycles. The van der Waals surface area contributed by atoms with Crippen molar-refractivity contribution in [2.45, 2.75) is 39.2 Å². The SMILES string of the molecule is CCCCCOc1ccc(C(=O)O[C@H](C)c2nc3ccccc3c(=O)[nH]2)cc1. The molecule has 0 fully saturated rings. The summed E-state index contributed by atoms with van der Waals surface area (Å²) in [6, 6.07) is 13.9. The smallest absolute Gasteiger partial charge is 0.338 e. The number of rotatable bonds is 8. The normalized spacial score (nSPS) is 11.9. The number of hydrogen-bond acceptors (Lipinski definition) is 5. The number of carbonyl (C=O) groups is 1. The number of unbranched alkanes of at least 4 members (excludes halogenated alkanes) is 2. The predicted molar refractivity (Wildman–Crippen MR) is 108 cm³/mol. The molecule has 3 aromatic rings. The van der Waals surface area contributed by atoms with Crippen molar-refractivity contribution in [1.82, 2.24) is 9.97 Å². The summed E-state index contributed by atoms with van der Waals surface area (Å²) >= 11 is 0. The standard InChI is InChI=1S/C22H24N2O4/c1-3-4-7-14-27-17-12-10-16(11-13-17)22(26)28-15(2)20-23-19-9-6-5-8-18(19)21(25)24-20/h5-6,8-13,15H,3-4,7,14H2,1-2H3,(H,23,24,25)/t15-/m1/s1. The first-order valence-electron chi connectivity index (χ1n) is 9.51. The molecule has 0 bridgehead atoms. The fourth-order valence-electron chi connectivity index (χ4n) is 2.81. The maximum atomic E-state index is 12.4. The van der Waals surface area contributed by atoms with Crippen LogP contribution in [-0.2, 0) is 4.74 Å². The molecule has 1 heterocycles. The van der Waals surface area contributed by atoms with E-state index < -0.39 is 12.1 Å². The number of hydrogen-bond donors (Lipinski definition) is 1. The van der Waals surface area contributed by atoms with Gasteiger partial charge in [0.05, 0.1) is 23.1 Å². The van der Waals surface area contributed by atoms with Crippen LogP contribution in [0.3, 0.4) is 0 Å². The van der Waals surface area contributed by atoms with Gasteiger partial charge in [0.25, 0.3) is 5.56 Å². The van der Waals surface area contributed by atoms with Gasteiger partial charge in [-0.2, -0.15) is 0 Å². The summed E-state index contributed by atoms with van der Waals surface area (Å²) < 4.78 is 11.1. The number of ether oxygens (including phenoxy) is 2. The third-order valence-electron chi connectivity index (χ3n) is 4.41. The van der Waals surface area contributed by atoms with Gasteiger partial charge in [0, 0.05) is 0 Å². The maximum absolute atomic E-state index is 12.4. The molecule has 0 radical (unpaired) electrons. The van der Waals surface area contributed by atoms with Crippen molar-refractivity contribution in [3.63, 3.8) is 0 Å². The zero-order chi connectivity index (χ0) is 19.9. The van der Waals surface area contributed by atoms with Crippen LogP contribution in [0.25, 0.3) is 10.9 Å². The molecular weight excluding hydrogens is 356 g/mol. The molecule has 0 amide bonds. The van der Waals surface area contributed by atoms with Crippen molar-refractivity contribution in [2.24, 2.45) is 0 Å². The van der Waals surface area contributed by atoms with Crippen LogP contribution in [0.4, 0.5) is 0 Å². The average Bonchev–Trinajstić information content (AvgIpc) is 2.71. The van der Waals surface area contributed by atoms with Gasteiger partial charge in [-0.05, 0) is 49.7 Å². The van der Waals surface area contributed by atoms with Crippen LogP contribution in [0.2, 0.25) is 0 Å². The second kappa shape index (κ2) is 9.17. The van der Waals surface area contributed by atoms with Crippen molar-refractivity contribution in [3.05, 3.63) is 70.3 Å². The fourth-order valence-corrected chi connectivity index (χ4v) is 2.81. The molecule has 6 heteroatoms. The number of benzene rings is 2. The summed E-state index contributed by atoms with van der Waals surface area (Å²) in [6.07, 6.45) is 2.60. The van der Waals surface area contributed by atoms with Gasteiger partial charge in [0.1, 0.15) is 5.75 Å². The molecule has 1 atom stereocenters. The molecule has 0 aliphatic heterocycles. The maximum Gasteiger partial charge on any atom is 0.338 e. The van der Waals surface area contributed by atoms with Crippen molar-refractivity contribution in [1.29, 1.82) is 0 Å². The number of carbonyl (C=O) groups excluding carboxylic acids is 1. The lowest BCUT2D eigenvalue weighted by molar-refractivity contribution is 0.0320. The summed E-state index contributed by atoms with van der Waals surface area (Å²) in [7, 11) is 0. The van der Waals surface area contributed by atoms with E-state index in [0.29, 0.717) is 28.9 Å². The third-order valence-corrected chi connectivity index (χ3v) is 4.41. The van der Waals surface area contributed by atoms with Gasteiger partial charge < -0.3 is 14.5 Å². The van der Waals surface area contributed by atoms with E-state index >= 15 is 0 Å². The molecule has 3 rings (SSSR count). The molecule has 0 unspecified atom stereocenters. The van der Waals surface area contributed by atoms with E-state index in [1.807, 2.05) is 0 Å². The predicted octanol–water partition coefficient (Wildman–Crippen LogP) is 4.41. The van der Waals surface area contributed by atoms with E-state index in [9.17, 15) is 9.59 Å². The van der Waals surface area contributed by atoms with E-state index in [4.69, 9.17) is 9.47 Å². The Morgan fingerprint density at radius 1 is 1.11 bits per heavy atom. The molecule has 2 aromatic carbocycles. The van der Waals surface area contributed by atoms with Crippen LogP contribution in [0.5, 0.6) is 5.75 Å². The van der Waals surface area contributed by atoms with Crippen LogP contribution < -0.4 is 10.3 Å². The van der Waals surface area contributed by atoms with E-state index in [1.54, 1.807) is 55.5 Å².